The van der Waals surface area contributed by atoms with E-state index in [4.69, 9.17) is 20.0 Å². The van der Waals surface area contributed by atoms with Crippen molar-refractivity contribution in [3.8, 4) is 11.8 Å². The van der Waals surface area contributed by atoms with Crippen molar-refractivity contribution >= 4 is 19.5 Å². The Morgan fingerprint density at radius 2 is 2.17 bits per heavy atom. The van der Waals surface area contributed by atoms with Crippen LogP contribution in [0.4, 0.5) is 0 Å². The van der Waals surface area contributed by atoms with E-state index >= 15 is 0 Å². The first kappa shape index (κ1) is 14.0. The molecule has 2 N–H and O–H groups in total. The molecule has 0 bridgehead atoms. The van der Waals surface area contributed by atoms with Gasteiger partial charge in [-0.05, 0) is 30.2 Å². The molecule has 0 spiro atoms. The summed E-state index contributed by atoms with van der Waals surface area (Å²) < 4.78 is 5.13. The lowest BCUT2D eigenvalue weighted by Crippen LogP contribution is -2.05. The normalized spacial score (nSPS) is 10.1. The van der Waals surface area contributed by atoms with Crippen molar-refractivity contribution < 1.29 is 19.6 Å². The fraction of sp³-hybridized carbons (Fsp3) is 0.167. The van der Waals surface area contributed by atoms with Crippen LogP contribution < -0.4 is 4.74 Å². The molecule has 1 aromatic rings. The van der Waals surface area contributed by atoms with E-state index in [9.17, 15) is 4.79 Å². The molecule has 92 valence electrons. The number of rotatable bonds is 5. The zero-order chi connectivity index (χ0) is 13.5. The van der Waals surface area contributed by atoms with E-state index in [-0.39, 0.29) is 6.61 Å². The summed E-state index contributed by atoms with van der Waals surface area (Å²) in [6.45, 7) is 1.63. The predicted octanol–water partition coefficient (Wildman–Crippen LogP) is 0.735. The van der Waals surface area contributed by atoms with E-state index in [0.717, 1.165) is 5.56 Å². The molecule has 0 aliphatic rings. The second-order valence-electron chi connectivity index (χ2n) is 3.58. The van der Waals surface area contributed by atoms with E-state index in [1.807, 2.05) is 6.07 Å². The number of nitrogens with zero attached hydrogens (tertiary/aromatic N) is 1. The fourth-order valence-electron chi connectivity index (χ4n) is 1.42. The van der Waals surface area contributed by atoms with Crippen molar-refractivity contribution in [2.45, 2.75) is 6.92 Å². The minimum Gasteiger partial charge on any atom is -0.478 e. The Labute approximate surface area is 105 Å². The third-order valence-corrected chi connectivity index (χ3v) is 2.27. The van der Waals surface area contributed by atoms with E-state index < -0.39 is 7.12 Å². The van der Waals surface area contributed by atoms with Crippen LogP contribution in [0, 0.1) is 18.3 Å². The maximum atomic E-state index is 10.9. The van der Waals surface area contributed by atoms with Gasteiger partial charge in [0.05, 0.1) is 5.56 Å². The van der Waals surface area contributed by atoms with Crippen LogP contribution >= 0.6 is 0 Å². The number of ether oxygens (including phenoxy) is 1. The third-order valence-electron chi connectivity index (χ3n) is 2.27. The van der Waals surface area contributed by atoms with Gasteiger partial charge >= 0.3 is 7.12 Å². The molecule has 0 saturated heterocycles. The molecule has 6 heteroatoms. The van der Waals surface area contributed by atoms with Crippen LogP contribution in [-0.2, 0) is 0 Å². The Balaban J connectivity index is 3.13. The summed E-state index contributed by atoms with van der Waals surface area (Å²) in [5.41, 5.74) is 1.82. The van der Waals surface area contributed by atoms with E-state index in [1.54, 1.807) is 19.1 Å². The van der Waals surface area contributed by atoms with Crippen LogP contribution in [-0.4, -0.2) is 30.1 Å². The second-order valence-corrected chi connectivity index (χ2v) is 3.58. The average Bonchev–Trinajstić information content (AvgIpc) is 2.35. The van der Waals surface area contributed by atoms with E-state index in [0.29, 0.717) is 23.2 Å². The van der Waals surface area contributed by atoms with Gasteiger partial charge in [-0.25, -0.2) is 0 Å². The summed E-state index contributed by atoms with van der Waals surface area (Å²) in [6, 6.07) is 5.01. The molecule has 0 fully saturated rings. The number of benzene rings is 1. The summed E-state index contributed by atoms with van der Waals surface area (Å²) in [6.07, 6.45) is 2.15. The topological polar surface area (TPSA) is 90.6 Å². The number of hydrogen-bond acceptors (Lipinski definition) is 5. The smallest absolute Gasteiger partial charge is 0.478 e. The minimum absolute atomic E-state index is 0.157. The number of carbonyl (C=O) groups excluding carboxylic acids is 1. The zero-order valence-corrected chi connectivity index (χ0v) is 9.83. The van der Waals surface area contributed by atoms with Gasteiger partial charge in [0.1, 0.15) is 11.8 Å². The van der Waals surface area contributed by atoms with Crippen LogP contribution in [0.1, 0.15) is 21.5 Å². The largest absolute Gasteiger partial charge is 0.480 e. The highest BCUT2D eigenvalue weighted by molar-refractivity contribution is 6.48. The molecule has 0 saturated carbocycles. The quantitative estimate of drug-likeness (QED) is 0.589. The van der Waals surface area contributed by atoms with Gasteiger partial charge in [0.2, 0.25) is 0 Å². The Hall–Kier alpha value is -2.10. The van der Waals surface area contributed by atoms with Crippen molar-refractivity contribution in [1.29, 1.82) is 5.26 Å². The van der Waals surface area contributed by atoms with Crippen molar-refractivity contribution in [3.63, 3.8) is 0 Å². The number of carbonyl (C=O) groups is 1. The Morgan fingerprint density at radius 3 is 2.72 bits per heavy atom. The number of nitriles is 1. The van der Waals surface area contributed by atoms with Crippen molar-refractivity contribution in [3.05, 3.63) is 34.8 Å². The lowest BCUT2D eigenvalue weighted by atomic mass is 9.90. The van der Waals surface area contributed by atoms with Gasteiger partial charge in [-0.1, -0.05) is 12.1 Å². The molecule has 0 radical (unpaired) electrons. The van der Waals surface area contributed by atoms with Crippen LogP contribution in [0.3, 0.4) is 0 Å². The van der Waals surface area contributed by atoms with E-state index in [2.05, 4.69) is 0 Å². The summed E-state index contributed by atoms with van der Waals surface area (Å²) in [4.78, 5) is 10.9. The Bertz CT molecular complexity index is 506. The molecule has 0 unspecified atom stereocenters. The molecular formula is C12H12BNO4. The van der Waals surface area contributed by atoms with Gasteiger partial charge < -0.3 is 14.8 Å². The van der Waals surface area contributed by atoms with Gasteiger partial charge in [0.15, 0.2) is 12.9 Å². The second kappa shape index (κ2) is 6.59. The van der Waals surface area contributed by atoms with Crippen molar-refractivity contribution in [2.24, 2.45) is 0 Å². The van der Waals surface area contributed by atoms with Crippen LogP contribution in [0.2, 0.25) is 0 Å². The third kappa shape index (κ3) is 3.73. The highest BCUT2D eigenvalue weighted by Crippen LogP contribution is 2.23. The van der Waals surface area contributed by atoms with Gasteiger partial charge in [-0.2, -0.15) is 5.26 Å². The Kier molecular flexibility index (Phi) is 5.12. The summed E-state index contributed by atoms with van der Waals surface area (Å²) in [7, 11) is -1.54. The molecule has 1 rings (SSSR count). The fourth-order valence-corrected chi connectivity index (χ4v) is 1.42. The summed E-state index contributed by atoms with van der Waals surface area (Å²) in [5, 5.41) is 26.0. The molecule has 0 atom stereocenters. The molecule has 0 aromatic heterocycles. The first-order valence-electron chi connectivity index (χ1n) is 5.22. The highest BCUT2D eigenvalue weighted by atomic mass is 16.5. The van der Waals surface area contributed by atoms with Gasteiger partial charge in [-0.15, -0.1) is 0 Å². The highest BCUT2D eigenvalue weighted by Gasteiger charge is 2.07. The van der Waals surface area contributed by atoms with Gasteiger partial charge in [0.25, 0.3) is 0 Å². The molecular weight excluding hydrogens is 233 g/mol. The maximum Gasteiger partial charge on any atom is 0.480 e. The monoisotopic (exact) mass is 245 g/mol. The van der Waals surface area contributed by atoms with Crippen LogP contribution in [0.15, 0.2) is 18.1 Å². The van der Waals surface area contributed by atoms with Crippen molar-refractivity contribution in [1.82, 2.24) is 0 Å². The van der Waals surface area contributed by atoms with E-state index in [1.165, 1.54) is 12.1 Å². The first-order valence-corrected chi connectivity index (χ1v) is 5.22. The molecule has 1 aromatic carbocycles. The molecule has 0 aliphatic heterocycles. The maximum absolute atomic E-state index is 10.9. The average molecular weight is 245 g/mol. The standard InChI is InChI=1S/C12H12BNO4/c1-9-6-11(8-15)12(18-5-4-14)7-10(9)2-3-13(16)17/h2-3,6-8,16-17H,5H2,1H3/b3-2+. The number of aryl methyl sites for hydroxylation is 1. The van der Waals surface area contributed by atoms with Gasteiger partial charge in [0, 0.05) is 0 Å². The summed E-state index contributed by atoms with van der Waals surface area (Å²) >= 11 is 0. The predicted molar refractivity (Wildman–Crippen MR) is 66.9 cm³/mol. The van der Waals surface area contributed by atoms with Gasteiger partial charge in [-0.3, -0.25) is 4.79 Å². The van der Waals surface area contributed by atoms with Crippen molar-refractivity contribution in [2.75, 3.05) is 6.61 Å². The molecule has 0 aliphatic carbocycles. The Morgan fingerprint density at radius 1 is 1.44 bits per heavy atom. The number of aldehydes is 1. The minimum atomic E-state index is -1.54. The van der Waals surface area contributed by atoms with Crippen LogP contribution in [0.5, 0.6) is 5.75 Å². The molecule has 18 heavy (non-hydrogen) atoms. The molecule has 5 nitrogen and oxygen atoms in total. The lowest BCUT2D eigenvalue weighted by Gasteiger charge is -2.09. The summed E-state index contributed by atoms with van der Waals surface area (Å²) in [5.74, 6) is 1.49. The lowest BCUT2D eigenvalue weighted by molar-refractivity contribution is 0.112. The zero-order valence-electron chi connectivity index (χ0n) is 9.83. The van der Waals surface area contributed by atoms with Crippen LogP contribution in [0.25, 0.3) is 6.08 Å². The number of hydrogen-bond donors (Lipinski definition) is 2. The SMILES string of the molecule is Cc1cc(C=O)c(OCC#N)cc1/C=C/B(O)O. The first-order chi connectivity index (χ1) is 8.58. The molecule has 0 heterocycles. The molecule has 0 amide bonds.